The first-order valence-corrected chi connectivity index (χ1v) is 6.76. The van der Waals surface area contributed by atoms with Crippen LogP contribution in [-0.2, 0) is 9.53 Å². The smallest absolute Gasteiger partial charge is 0.319 e. The molecule has 5 heteroatoms. The van der Waals surface area contributed by atoms with Gasteiger partial charge < -0.3 is 4.74 Å². The van der Waals surface area contributed by atoms with Gasteiger partial charge in [0.15, 0.2) is 0 Å². The third-order valence-corrected chi connectivity index (χ3v) is 4.14. The van der Waals surface area contributed by atoms with E-state index in [0.29, 0.717) is 13.0 Å². The molecule has 1 aliphatic heterocycles. The molecule has 0 aromatic heterocycles. The van der Waals surface area contributed by atoms with Gasteiger partial charge in [-0.1, -0.05) is 29.6 Å². The summed E-state index contributed by atoms with van der Waals surface area (Å²) in [6, 6.07) is 0. The van der Waals surface area contributed by atoms with Gasteiger partial charge in [-0.3, -0.25) is 9.79 Å². The Balaban J connectivity index is 2.48. The van der Waals surface area contributed by atoms with Crippen LogP contribution in [0.1, 0.15) is 13.3 Å². The Morgan fingerprint density at radius 2 is 2.67 bits per heavy atom. The largest absolute Gasteiger partial charge is 0.465 e. The van der Waals surface area contributed by atoms with Crippen LogP contribution in [-0.4, -0.2) is 34.5 Å². The van der Waals surface area contributed by atoms with E-state index < -0.39 is 0 Å². The molecule has 0 N–H and O–H groups in total. The van der Waals surface area contributed by atoms with Crippen LogP contribution in [0.5, 0.6) is 0 Å². The first-order chi connectivity index (χ1) is 7.27. The number of esters is 1. The minimum Gasteiger partial charge on any atom is -0.465 e. The summed E-state index contributed by atoms with van der Waals surface area (Å²) in [5.41, 5.74) is 0. The lowest BCUT2D eigenvalue weighted by Gasteiger charge is -2.12. The molecule has 15 heavy (non-hydrogen) atoms. The highest BCUT2D eigenvalue weighted by Crippen LogP contribution is 2.28. The van der Waals surface area contributed by atoms with Gasteiger partial charge >= 0.3 is 5.97 Å². The molecule has 0 aromatic carbocycles. The number of hydrogen-bond donors (Lipinski definition) is 0. The summed E-state index contributed by atoms with van der Waals surface area (Å²) in [4.78, 5) is 15.9. The van der Waals surface area contributed by atoms with Crippen molar-refractivity contribution >= 4 is 33.9 Å². The zero-order chi connectivity index (χ0) is 11.1. The Hall–Kier alpha value is -0.420. The maximum atomic E-state index is 11.6. The number of ether oxygens (including phenoxy) is 1. The van der Waals surface area contributed by atoms with Crippen LogP contribution in [0.15, 0.2) is 17.6 Å². The SMILES string of the molecule is C=CCC(SC1=NCCS1)C(=O)OCC. The second-order valence-electron chi connectivity index (χ2n) is 2.88. The average Bonchev–Trinajstić information content (AvgIpc) is 2.70. The van der Waals surface area contributed by atoms with Crippen LogP contribution < -0.4 is 0 Å². The van der Waals surface area contributed by atoms with Gasteiger partial charge in [-0.05, 0) is 13.3 Å². The molecule has 0 aliphatic carbocycles. The Morgan fingerprint density at radius 3 is 3.20 bits per heavy atom. The maximum absolute atomic E-state index is 11.6. The van der Waals surface area contributed by atoms with Crippen LogP contribution in [0.4, 0.5) is 0 Å². The number of hydrogen-bond acceptors (Lipinski definition) is 5. The highest BCUT2D eigenvalue weighted by Gasteiger charge is 2.22. The number of allylic oxidation sites excluding steroid dienone is 1. The number of carbonyl (C=O) groups excluding carboxylic acids is 1. The molecule has 0 spiro atoms. The molecule has 0 saturated heterocycles. The van der Waals surface area contributed by atoms with E-state index in [1.54, 1.807) is 17.8 Å². The molecular formula is C10H15NO2S2. The van der Waals surface area contributed by atoms with Crippen molar-refractivity contribution in [2.75, 3.05) is 18.9 Å². The van der Waals surface area contributed by atoms with Gasteiger partial charge in [-0.15, -0.1) is 6.58 Å². The molecule has 0 saturated carbocycles. The Labute approximate surface area is 98.7 Å². The lowest BCUT2D eigenvalue weighted by Crippen LogP contribution is -2.20. The molecule has 1 atom stereocenters. The second-order valence-corrected chi connectivity index (χ2v) is 5.41. The number of carbonyl (C=O) groups is 1. The van der Waals surface area contributed by atoms with Crippen molar-refractivity contribution in [1.29, 1.82) is 0 Å². The normalized spacial score (nSPS) is 17.0. The summed E-state index contributed by atoms with van der Waals surface area (Å²) in [6.45, 7) is 6.75. The molecule has 84 valence electrons. The van der Waals surface area contributed by atoms with Gasteiger partial charge in [0.05, 0.1) is 13.2 Å². The highest BCUT2D eigenvalue weighted by molar-refractivity contribution is 8.39. The maximum Gasteiger partial charge on any atom is 0.319 e. The zero-order valence-electron chi connectivity index (χ0n) is 8.77. The molecule has 1 heterocycles. The Bertz CT molecular complexity index is 266. The van der Waals surface area contributed by atoms with Crippen LogP contribution in [0.3, 0.4) is 0 Å². The van der Waals surface area contributed by atoms with Crippen molar-refractivity contribution in [1.82, 2.24) is 0 Å². The van der Waals surface area contributed by atoms with Gasteiger partial charge in [0, 0.05) is 5.75 Å². The monoisotopic (exact) mass is 245 g/mol. The van der Waals surface area contributed by atoms with Crippen LogP contribution >= 0.6 is 23.5 Å². The first kappa shape index (κ1) is 12.6. The van der Waals surface area contributed by atoms with Gasteiger partial charge in [-0.25, -0.2) is 0 Å². The molecule has 0 amide bonds. The van der Waals surface area contributed by atoms with E-state index >= 15 is 0 Å². The molecular weight excluding hydrogens is 230 g/mol. The minimum absolute atomic E-state index is 0.169. The van der Waals surface area contributed by atoms with Crippen molar-refractivity contribution < 1.29 is 9.53 Å². The van der Waals surface area contributed by atoms with Crippen LogP contribution in [0.25, 0.3) is 0 Å². The number of aliphatic imine (C=N–C) groups is 1. The van der Waals surface area contributed by atoms with Gasteiger partial charge in [0.25, 0.3) is 0 Å². The highest BCUT2D eigenvalue weighted by atomic mass is 32.2. The van der Waals surface area contributed by atoms with Crippen LogP contribution in [0.2, 0.25) is 0 Å². The molecule has 1 rings (SSSR count). The van der Waals surface area contributed by atoms with Crippen LogP contribution in [0, 0.1) is 0 Å². The third kappa shape index (κ3) is 4.30. The number of nitrogens with zero attached hydrogens (tertiary/aromatic N) is 1. The lowest BCUT2D eigenvalue weighted by molar-refractivity contribution is -0.142. The number of thioether (sulfide) groups is 2. The van der Waals surface area contributed by atoms with E-state index in [4.69, 9.17) is 4.74 Å². The summed E-state index contributed by atoms with van der Waals surface area (Å²) in [5, 5.41) is -0.188. The number of rotatable bonds is 5. The minimum atomic E-state index is -0.188. The van der Waals surface area contributed by atoms with Crippen molar-refractivity contribution in [3.8, 4) is 0 Å². The Morgan fingerprint density at radius 1 is 1.87 bits per heavy atom. The van der Waals surface area contributed by atoms with Crippen molar-refractivity contribution in [3.63, 3.8) is 0 Å². The van der Waals surface area contributed by atoms with E-state index in [2.05, 4.69) is 11.6 Å². The van der Waals surface area contributed by atoms with Crippen molar-refractivity contribution in [2.24, 2.45) is 4.99 Å². The van der Waals surface area contributed by atoms with Gasteiger partial charge in [0.2, 0.25) is 0 Å². The fourth-order valence-electron chi connectivity index (χ4n) is 1.09. The summed E-state index contributed by atoms with van der Waals surface area (Å²) >= 11 is 3.20. The molecule has 0 radical (unpaired) electrons. The topological polar surface area (TPSA) is 38.7 Å². The third-order valence-electron chi connectivity index (χ3n) is 1.73. The summed E-state index contributed by atoms with van der Waals surface area (Å²) in [6.07, 6.45) is 2.37. The van der Waals surface area contributed by atoms with E-state index in [1.807, 2.05) is 6.92 Å². The van der Waals surface area contributed by atoms with Crippen molar-refractivity contribution in [3.05, 3.63) is 12.7 Å². The second kappa shape index (κ2) is 6.95. The molecule has 0 aromatic rings. The van der Waals surface area contributed by atoms with Gasteiger partial charge in [0.1, 0.15) is 9.63 Å². The first-order valence-electron chi connectivity index (χ1n) is 4.89. The lowest BCUT2D eigenvalue weighted by atomic mass is 10.3. The Kier molecular flexibility index (Phi) is 5.86. The van der Waals surface area contributed by atoms with E-state index in [-0.39, 0.29) is 11.2 Å². The van der Waals surface area contributed by atoms with E-state index in [1.165, 1.54) is 11.8 Å². The fraction of sp³-hybridized carbons (Fsp3) is 0.600. The predicted octanol–water partition coefficient (Wildman–Crippen LogP) is 2.33. The summed E-state index contributed by atoms with van der Waals surface area (Å²) < 4.78 is 5.99. The molecule has 0 bridgehead atoms. The molecule has 3 nitrogen and oxygen atoms in total. The van der Waals surface area contributed by atoms with Crippen molar-refractivity contribution in [2.45, 2.75) is 18.6 Å². The predicted molar refractivity (Wildman–Crippen MR) is 67.6 cm³/mol. The van der Waals surface area contributed by atoms with E-state index in [9.17, 15) is 4.79 Å². The van der Waals surface area contributed by atoms with E-state index in [0.717, 1.165) is 16.7 Å². The van der Waals surface area contributed by atoms with Gasteiger partial charge in [-0.2, -0.15) is 0 Å². The summed E-state index contributed by atoms with van der Waals surface area (Å²) in [5.74, 6) is 0.851. The summed E-state index contributed by atoms with van der Waals surface area (Å²) in [7, 11) is 0. The molecule has 1 unspecified atom stereocenters. The zero-order valence-corrected chi connectivity index (χ0v) is 10.4. The molecule has 0 fully saturated rings. The average molecular weight is 245 g/mol. The fourth-order valence-corrected chi connectivity index (χ4v) is 3.30. The quantitative estimate of drug-likeness (QED) is 0.550. The molecule has 1 aliphatic rings. The standard InChI is InChI=1S/C10H15NO2S2/c1-3-5-8(9(12)13-4-2)15-10-11-6-7-14-10/h3,8H,1,4-7H2,2H3.